The first-order valence-corrected chi connectivity index (χ1v) is 6.63. The van der Waals surface area contributed by atoms with Gasteiger partial charge in [-0.15, -0.1) is 0 Å². The van der Waals surface area contributed by atoms with Gasteiger partial charge < -0.3 is 5.32 Å². The third kappa shape index (κ3) is 5.52. The highest BCUT2D eigenvalue weighted by Crippen LogP contribution is 2.11. The van der Waals surface area contributed by atoms with Crippen LogP contribution in [0.15, 0.2) is 24.3 Å². The van der Waals surface area contributed by atoms with Crippen LogP contribution in [0.25, 0.3) is 0 Å². The molecule has 0 aliphatic carbocycles. The standard InChI is InChI=1S/C13H20IN/c1-10(2)15-9-11(3)8-12-4-6-13(14)7-5-12/h4-7,10-11,15H,8-9H2,1-3H3. The van der Waals surface area contributed by atoms with Gasteiger partial charge in [-0.2, -0.15) is 0 Å². The fourth-order valence-corrected chi connectivity index (χ4v) is 1.89. The van der Waals surface area contributed by atoms with E-state index in [0.29, 0.717) is 12.0 Å². The largest absolute Gasteiger partial charge is 0.314 e. The fourth-order valence-electron chi connectivity index (χ4n) is 1.53. The van der Waals surface area contributed by atoms with Crippen LogP contribution in [0.3, 0.4) is 0 Å². The molecule has 0 spiro atoms. The summed E-state index contributed by atoms with van der Waals surface area (Å²) in [6, 6.07) is 9.40. The zero-order valence-electron chi connectivity index (χ0n) is 9.76. The molecule has 1 rings (SSSR count). The van der Waals surface area contributed by atoms with E-state index < -0.39 is 0 Å². The van der Waals surface area contributed by atoms with Crippen LogP contribution >= 0.6 is 22.6 Å². The maximum atomic E-state index is 3.48. The van der Waals surface area contributed by atoms with E-state index in [-0.39, 0.29) is 0 Å². The molecule has 0 aliphatic heterocycles. The molecule has 0 fully saturated rings. The van der Waals surface area contributed by atoms with Crippen molar-refractivity contribution >= 4 is 22.6 Å². The van der Waals surface area contributed by atoms with E-state index in [1.807, 2.05) is 0 Å². The van der Waals surface area contributed by atoms with Crippen LogP contribution in [-0.2, 0) is 6.42 Å². The van der Waals surface area contributed by atoms with E-state index in [2.05, 4.69) is 72.9 Å². The predicted molar refractivity (Wildman–Crippen MR) is 75.2 cm³/mol. The van der Waals surface area contributed by atoms with Crippen molar-refractivity contribution in [3.05, 3.63) is 33.4 Å². The second-order valence-electron chi connectivity index (χ2n) is 4.50. The van der Waals surface area contributed by atoms with Crippen molar-refractivity contribution in [2.24, 2.45) is 5.92 Å². The summed E-state index contributed by atoms with van der Waals surface area (Å²) in [5.41, 5.74) is 1.44. The first kappa shape index (κ1) is 13.0. The zero-order valence-corrected chi connectivity index (χ0v) is 11.9. The molecule has 0 amide bonds. The minimum Gasteiger partial charge on any atom is -0.314 e. The molecule has 1 unspecified atom stereocenters. The van der Waals surface area contributed by atoms with Crippen LogP contribution in [0.1, 0.15) is 26.3 Å². The van der Waals surface area contributed by atoms with Gasteiger partial charge in [0.05, 0.1) is 0 Å². The fraction of sp³-hybridized carbons (Fsp3) is 0.538. The summed E-state index contributed by atoms with van der Waals surface area (Å²) in [5.74, 6) is 0.701. The molecule has 1 N–H and O–H groups in total. The molecule has 0 saturated heterocycles. The maximum Gasteiger partial charge on any atom is 0.0130 e. The molecule has 1 aromatic carbocycles. The van der Waals surface area contributed by atoms with Crippen LogP contribution in [0, 0.1) is 9.49 Å². The monoisotopic (exact) mass is 317 g/mol. The Balaban J connectivity index is 2.37. The van der Waals surface area contributed by atoms with Crippen LogP contribution < -0.4 is 5.32 Å². The first-order valence-electron chi connectivity index (χ1n) is 5.55. The summed E-state index contributed by atoms with van der Waals surface area (Å²) in [6.45, 7) is 7.78. The van der Waals surface area contributed by atoms with Gasteiger partial charge in [0.25, 0.3) is 0 Å². The Hall–Kier alpha value is -0.0900. The van der Waals surface area contributed by atoms with Gasteiger partial charge in [-0.05, 0) is 59.2 Å². The lowest BCUT2D eigenvalue weighted by atomic mass is 10.0. The van der Waals surface area contributed by atoms with Gasteiger partial charge in [-0.1, -0.05) is 32.9 Å². The summed E-state index contributed by atoms with van der Waals surface area (Å²) >= 11 is 2.34. The van der Waals surface area contributed by atoms with Gasteiger partial charge in [-0.25, -0.2) is 0 Å². The van der Waals surface area contributed by atoms with E-state index in [4.69, 9.17) is 0 Å². The lowest BCUT2D eigenvalue weighted by Crippen LogP contribution is -2.28. The average molecular weight is 317 g/mol. The second kappa shape index (κ2) is 6.48. The second-order valence-corrected chi connectivity index (χ2v) is 5.74. The van der Waals surface area contributed by atoms with Gasteiger partial charge in [0.2, 0.25) is 0 Å². The van der Waals surface area contributed by atoms with Crippen molar-refractivity contribution in [3.8, 4) is 0 Å². The Labute approximate surface area is 107 Å². The van der Waals surface area contributed by atoms with Crippen LogP contribution in [0.5, 0.6) is 0 Å². The number of hydrogen-bond donors (Lipinski definition) is 1. The number of nitrogens with one attached hydrogen (secondary N) is 1. The Morgan fingerprint density at radius 1 is 1.13 bits per heavy atom. The van der Waals surface area contributed by atoms with E-state index in [1.165, 1.54) is 9.13 Å². The molecule has 0 radical (unpaired) electrons. The average Bonchev–Trinajstić information content (AvgIpc) is 2.19. The lowest BCUT2D eigenvalue weighted by Gasteiger charge is -2.14. The highest BCUT2D eigenvalue weighted by Gasteiger charge is 2.04. The third-order valence-electron chi connectivity index (χ3n) is 2.37. The van der Waals surface area contributed by atoms with Gasteiger partial charge in [0.15, 0.2) is 0 Å². The van der Waals surface area contributed by atoms with Crippen LogP contribution in [-0.4, -0.2) is 12.6 Å². The van der Waals surface area contributed by atoms with Gasteiger partial charge >= 0.3 is 0 Å². The van der Waals surface area contributed by atoms with Gasteiger partial charge in [-0.3, -0.25) is 0 Å². The summed E-state index contributed by atoms with van der Waals surface area (Å²) in [4.78, 5) is 0. The minimum absolute atomic E-state index is 0.587. The minimum atomic E-state index is 0.587. The summed E-state index contributed by atoms with van der Waals surface area (Å²) in [7, 11) is 0. The zero-order chi connectivity index (χ0) is 11.3. The molecule has 1 atom stereocenters. The van der Waals surface area contributed by atoms with Crippen molar-refractivity contribution in [1.29, 1.82) is 0 Å². The molecule has 15 heavy (non-hydrogen) atoms. The maximum absolute atomic E-state index is 3.48. The SMILES string of the molecule is CC(CNC(C)C)Cc1ccc(I)cc1. The summed E-state index contributed by atoms with van der Waals surface area (Å²) in [6.07, 6.45) is 1.16. The van der Waals surface area contributed by atoms with Gasteiger partial charge in [0.1, 0.15) is 0 Å². The molecule has 0 bridgehead atoms. The van der Waals surface area contributed by atoms with Crippen molar-refractivity contribution < 1.29 is 0 Å². The normalized spacial score (nSPS) is 13.1. The molecule has 0 saturated carbocycles. The Morgan fingerprint density at radius 3 is 2.27 bits per heavy atom. The Morgan fingerprint density at radius 2 is 1.73 bits per heavy atom. The molecular formula is C13H20IN. The summed E-state index contributed by atoms with van der Waals surface area (Å²) in [5, 5.41) is 3.48. The molecule has 0 heterocycles. The summed E-state index contributed by atoms with van der Waals surface area (Å²) < 4.78 is 1.31. The first-order chi connectivity index (χ1) is 7.08. The molecule has 1 nitrogen and oxygen atoms in total. The van der Waals surface area contributed by atoms with Crippen molar-refractivity contribution in [1.82, 2.24) is 5.32 Å². The number of halogens is 1. The lowest BCUT2D eigenvalue weighted by molar-refractivity contribution is 0.476. The number of benzene rings is 1. The number of hydrogen-bond acceptors (Lipinski definition) is 1. The topological polar surface area (TPSA) is 12.0 Å². The van der Waals surface area contributed by atoms with E-state index >= 15 is 0 Å². The molecule has 0 aromatic heterocycles. The van der Waals surface area contributed by atoms with Gasteiger partial charge in [0, 0.05) is 9.61 Å². The molecule has 0 aliphatic rings. The highest BCUT2D eigenvalue weighted by atomic mass is 127. The van der Waals surface area contributed by atoms with Crippen molar-refractivity contribution in [2.45, 2.75) is 33.2 Å². The molecule has 84 valence electrons. The smallest absolute Gasteiger partial charge is 0.0130 e. The van der Waals surface area contributed by atoms with Crippen molar-refractivity contribution in [3.63, 3.8) is 0 Å². The highest BCUT2D eigenvalue weighted by molar-refractivity contribution is 14.1. The van der Waals surface area contributed by atoms with E-state index in [9.17, 15) is 0 Å². The number of rotatable bonds is 5. The van der Waals surface area contributed by atoms with E-state index in [0.717, 1.165) is 13.0 Å². The van der Waals surface area contributed by atoms with Crippen molar-refractivity contribution in [2.75, 3.05) is 6.54 Å². The Bertz CT molecular complexity index is 279. The van der Waals surface area contributed by atoms with E-state index in [1.54, 1.807) is 0 Å². The van der Waals surface area contributed by atoms with Crippen LogP contribution in [0.4, 0.5) is 0 Å². The molecule has 2 heteroatoms. The third-order valence-corrected chi connectivity index (χ3v) is 3.09. The van der Waals surface area contributed by atoms with Crippen LogP contribution in [0.2, 0.25) is 0 Å². The predicted octanol–water partition coefficient (Wildman–Crippen LogP) is 3.47. The quantitative estimate of drug-likeness (QED) is 0.820. The Kier molecular flexibility index (Phi) is 5.61. The molecular weight excluding hydrogens is 297 g/mol. The molecule has 1 aromatic rings.